The van der Waals surface area contributed by atoms with Crippen LogP contribution in [0, 0.1) is 0 Å². The van der Waals surface area contributed by atoms with Crippen molar-refractivity contribution in [2.45, 2.75) is 113 Å². The maximum absolute atomic E-state index is 13.6. The zero-order valence-electron chi connectivity index (χ0n) is 54.5. The Morgan fingerprint density at radius 1 is 0.411 bits per heavy atom. The van der Waals surface area contributed by atoms with Crippen molar-refractivity contribution in [2.24, 2.45) is 5.14 Å². The molecule has 0 aliphatic heterocycles. The Morgan fingerprint density at radius 2 is 0.705 bits per heavy atom. The van der Waals surface area contributed by atoms with E-state index in [1.807, 2.05) is 103 Å². The first-order chi connectivity index (χ1) is 45.8. The van der Waals surface area contributed by atoms with Crippen molar-refractivity contribution in [2.75, 3.05) is 28.4 Å². The molecule has 10 rings (SSSR count). The Labute approximate surface area is 571 Å². The van der Waals surface area contributed by atoms with Crippen LogP contribution in [0.15, 0.2) is 240 Å². The molecule has 0 aliphatic rings. The molecule has 95 heavy (non-hydrogen) atoms. The van der Waals surface area contributed by atoms with Crippen LogP contribution in [-0.2, 0) is 56.2 Å². The molecule has 3 heterocycles. The van der Waals surface area contributed by atoms with Crippen LogP contribution in [0.3, 0.4) is 0 Å². The van der Waals surface area contributed by atoms with Gasteiger partial charge in [0.2, 0.25) is 41.9 Å². The number of oxazole rings is 3. The average molecular weight is 1520 g/mol. The maximum atomic E-state index is 13.6. The number of sulfonamides is 3. The number of halogens is 1. The van der Waals surface area contributed by atoms with E-state index in [0.29, 0.717) is 34.4 Å². The van der Waals surface area contributed by atoms with Crippen LogP contribution >= 0.6 is 15.9 Å². The minimum Gasteiger partial charge on any atom is -0.497 e. The summed E-state index contributed by atoms with van der Waals surface area (Å²) in [6.07, 6.45) is 17.6. The number of rotatable bonds is 29. The number of nitrogens with two attached hydrogens (primary N) is 1. The van der Waals surface area contributed by atoms with Gasteiger partial charge in [0.1, 0.15) is 35.5 Å². The van der Waals surface area contributed by atoms with Crippen LogP contribution in [0.4, 0.5) is 0 Å². The number of hydrogen-bond acceptors (Lipinski definition) is 16. The van der Waals surface area contributed by atoms with E-state index in [1.165, 1.54) is 95.2 Å². The first-order valence-electron chi connectivity index (χ1n) is 31.0. The van der Waals surface area contributed by atoms with E-state index in [2.05, 4.69) is 51.7 Å². The number of unbranched alkanes of at least 4 members (excludes halogenated alkanes) is 3. The number of hydrogen-bond donors (Lipinski definition) is 1. The first kappa shape index (κ1) is 74.8. The summed E-state index contributed by atoms with van der Waals surface area (Å²) in [4.78, 5) is 13.1. The minimum atomic E-state index is -3.79. The molecule has 0 radical (unpaired) electrons. The topological polar surface area (TPSA) is 250 Å². The second-order valence-electron chi connectivity index (χ2n) is 22.1. The van der Waals surface area contributed by atoms with E-state index in [-0.39, 0.29) is 40.9 Å². The number of ether oxygens (including phenoxy) is 4. The summed E-state index contributed by atoms with van der Waals surface area (Å²) in [6, 6.07) is 48.7. The molecule has 0 atom stereocenters. The number of benzene rings is 7. The fourth-order valence-corrected chi connectivity index (χ4v) is 28.4. The van der Waals surface area contributed by atoms with Crippen LogP contribution in [-0.4, -0.2) is 95.6 Å². The Balaban J connectivity index is 0.000000187. The summed E-state index contributed by atoms with van der Waals surface area (Å²) in [7, 11) is -4.74. The molecule has 0 saturated heterocycles. The summed E-state index contributed by atoms with van der Waals surface area (Å²) in [5.41, 5.74) is 4.86. The maximum Gasteiger partial charge on any atom is 0.243 e. The second-order valence-corrected chi connectivity index (χ2v) is 41.3. The van der Waals surface area contributed by atoms with Crippen molar-refractivity contribution in [1.82, 2.24) is 23.6 Å². The third-order valence-corrected chi connectivity index (χ3v) is 35.1. The van der Waals surface area contributed by atoms with Gasteiger partial charge < -0.3 is 27.8 Å². The molecule has 504 valence electrons. The van der Waals surface area contributed by atoms with Gasteiger partial charge in [-0.3, -0.25) is 0 Å². The molecule has 0 saturated carbocycles. The first-order valence-corrected chi connectivity index (χ1v) is 43.7. The van der Waals surface area contributed by atoms with Crippen molar-refractivity contribution in [3.63, 3.8) is 0 Å². The predicted octanol–water partition coefficient (Wildman–Crippen LogP) is 15.3. The van der Waals surface area contributed by atoms with Gasteiger partial charge in [0, 0.05) is 41.8 Å². The van der Waals surface area contributed by atoms with Crippen LogP contribution < -0.4 is 28.0 Å². The molecule has 3 aromatic heterocycles. The fourth-order valence-electron chi connectivity index (χ4n) is 10.1. The van der Waals surface area contributed by atoms with Crippen molar-refractivity contribution in [3.8, 4) is 45.9 Å². The van der Waals surface area contributed by atoms with Gasteiger partial charge in [0.05, 0.1) is 55.5 Å². The Kier molecular flexibility index (Phi) is 29.2. The number of methoxy groups -OCH3 is 4. The van der Waals surface area contributed by atoms with Gasteiger partial charge in [-0.2, -0.15) is 8.61 Å². The molecule has 0 spiro atoms. The normalized spacial score (nSPS) is 11.6. The predicted molar refractivity (Wildman–Crippen MR) is 375 cm³/mol. The van der Waals surface area contributed by atoms with E-state index < -0.39 is 48.4 Å². The van der Waals surface area contributed by atoms with Crippen LogP contribution in [0.2, 0.25) is 13.3 Å². The van der Waals surface area contributed by atoms with Crippen molar-refractivity contribution < 1.29 is 57.5 Å². The molecule has 24 heteroatoms. The summed E-state index contributed by atoms with van der Waals surface area (Å²) < 4.78 is 122. The van der Waals surface area contributed by atoms with E-state index in [0.717, 1.165) is 38.2 Å². The molecule has 2 N–H and O–H groups in total. The molecule has 0 bridgehead atoms. The van der Waals surface area contributed by atoms with Gasteiger partial charge in [0.25, 0.3) is 0 Å². The van der Waals surface area contributed by atoms with Gasteiger partial charge in [-0.05, 0) is 144 Å². The molecular weight excluding hydrogens is 1440 g/mol. The Morgan fingerprint density at radius 3 is 0.968 bits per heavy atom. The number of primary sulfonamides is 1. The van der Waals surface area contributed by atoms with Crippen molar-refractivity contribution in [3.05, 3.63) is 234 Å². The third kappa shape index (κ3) is 22.2. The minimum absolute atomic E-state index is 0.0674. The van der Waals surface area contributed by atoms with Crippen LogP contribution in [0.25, 0.3) is 22.9 Å². The second kappa shape index (κ2) is 37.0. The van der Waals surface area contributed by atoms with E-state index in [4.69, 9.17) is 37.3 Å². The monoisotopic (exact) mass is 1520 g/mol. The smallest absolute Gasteiger partial charge is 0.243 e. The summed E-state index contributed by atoms with van der Waals surface area (Å²) in [5, 5.41) is 4.96. The summed E-state index contributed by atoms with van der Waals surface area (Å²) >= 11 is 1.04. The molecule has 19 nitrogen and oxygen atoms in total. The van der Waals surface area contributed by atoms with Crippen LogP contribution in [0.5, 0.6) is 23.0 Å². The number of nitrogens with zero attached hydrogens (tertiary/aromatic N) is 5. The van der Waals surface area contributed by atoms with Gasteiger partial charge in [-0.25, -0.2) is 40.4 Å². The van der Waals surface area contributed by atoms with E-state index >= 15 is 0 Å². The molecule has 0 fully saturated rings. The SMILES string of the molecule is CCC[CH2][Sn]([CH2]CCC)([CH2]CCC)[c]1ncco1.COc1ccc(CN(Cc2ccc(OC)cc2)S(=O)(=O)c2ccc(-c3ncco3)cc2)cc1.COc1ccc(CN(Cc2ccc(OC)cc2)S(=O)(=O)c2ccc(Br)cc2)cc1.NS(=O)(=O)c1ccc(-c2ncco2)cc1. The summed E-state index contributed by atoms with van der Waals surface area (Å²) in [5.74, 6) is 3.76. The fraction of sp³-hybridized carbons (Fsp3) is 0.282. The molecule has 10 aromatic rings. The molecule has 0 unspecified atom stereocenters. The van der Waals surface area contributed by atoms with Gasteiger partial charge in [-0.1, -0.05) is 64.5 Å². The Bertz CT molecular complexity index is 4060. The van der Waals surface area contributed by atoms with Gasteiger partial charge in [0.15, 0.2) is 0 Å². The van der Waals surface area contributed by atoms with Crippen LogP contribution in [0.1, 0.15) is 81.5 Å². The standard InChI is InChI=1S/C25H24N2O5S.C22H22BrNO4S.C9H8N2O3S.3C4H9.C3H2NO.Sn/c1-30-22-9-3-19(4-10-22)17-27(18-20-5-11-23(31-2)12-6-20)33(28,29)24-13-7-21(8-14-24)25-26-15-16-32-25;1-27-20-9-3-17(4-10-20)15-24(16-18-5-11-21(28-2)12-6-18)29(25,26)22-13-7-19(23)8-14-22;10-15(12,13)8-3-1-7(2-4-8)9-11-5-6-14-9;3*1-3-4-2;1-2-5-3-4-1;/h3-16H,17-18H2,1-2H3;3-14H,15-16H2,1-2H3;1-6H,(H2,10,12,13);3*1,3-4H2,2H3;1-2H;. The quantitative estimate of drug-likeness (QED) is 0.0428. The zero-order chi connectivity index (χ0) is 68.3. The van der Waals surface area contributed by atoms with Gasteiger partial charge in [-0.15, -0.1) is 0 Å². The zero-order valence-corrected chi connectivity index (χ0v) is 61.4. The molecule has 7 aromatic carbocycles. The van der Waals surface area contributed by atoms with Crippen molar-refractivity contribution in [1.29, 1.82) is 0 Å². The summed E-state index contributed by atoms with van der Waals surface area (Å²) in [6.45, 7) is 7.80. The number of aromatic nitrogens is 3. The molecule has 0 aliphatic carbocycles. The molecule has 0 amide bonds. The van der Waals surface area contributed by atoms with Gasteiger partial charge >= 0.3 is 117 Å². The largest absolute Gasteiger partial charge is 0.497 e. The van der Waals surface area contributed by atoms with Crippen molar-refractivity contribution >= 4 is 68.3 Å². The van der Waals surface area contributed by atoms with E-state index in [9.17, 15) is 25.3 Å². The van der Waals surface area contributed by atoms with E-state index in [1.54, 1.807) is 102 Å². The molecular formula is C71H83BrN6O13S3Sn. The average Bonchev–Trinajstić information content (AvgIpc) is 1.94. The Hall–Kier alpha value is -7.62. The third-order valence-electron chi connectivity index (χ3n) is 15.5.